The Morgan fingerprint density at radius 1 is 0.379 bits per heavy atom. The summed E-state index contributed by atoms with van der Waals surface area (Å²) in [6, 6.07) is 76.9. The van der Waals surface area contributed by atoms with Crippen LogP contribution in [0.1, 0.15) is 5.56 Å². The van der Waals surface area contributed by atoms with E-state index in [4.69, 9.17) is 15.0 Å². The van der Waals surface area contributed by atoms with Crippen LogP contribution in [0.15, 0.2) is 212 Å². The molecule has 0 saturated carbocycles. The standard InChI is InChI=1S/C52H35N5Si/c53-36-37-31-32-49-47(33-37)46-29-13-14-30-48(46)57(49)52-55-50(39-19-7-2-8-20-39)54-51(56-52)41-22-16-28-45(35-41)58(42-23-9-3-10-24-42,43-25-11-4-12-26-43)44-27-15-21-40(34-44)38-17-5-1-6-18-38/h1-35H. The Kier molecular flexibility index (Phi) is 8.83. The molecule has 2 aromatic heterocycles. The number of fused-ring (bicyclic) bond motifs is 3. The second-order valence-corrected chi connectivity index (χ2v) is 18.2. The molecule has 0 aliphatic heterocycles. The minimum atomic E-state index is -2.96. The van der Waals surface area contributed by atoms with Gasteiger partial charge < -0.3 is 0 Å². The SMILES string of the molecule is N#Cc1ccc2c(c1)c1ccccc1n2-c1nc(-c2ccccc2)nc(-c2cccc([Si](c3ccccc3)(c3ccccc3)c3cccc(-c4ccccc4)c3)c2)n1. The number of para-hydroxylation sites is 1. The molecule has 0 atom stereocenters. The van der Waals surface area contributed by atoms with Crippen molar-refractivity contribution in [3.8, 4) is 45.9 Å². The van der Waals surface area contributed by atoms with Gasteiger partial charge in [-0.3, -0.25) is 4.57 Å². The van der Waals surface area contributed by atoms with Gasteiger partial charge in [0.2, 0.25) is 5.95 Å². The molecule has 0 aliphatic carbocycles. The van der Waals surface area contributed by atoms with Gasteiger partial charge in [-0.1, -0.05) is 188 Å². The highest BCUT2D eigenvalue weighted by atomic mass is 28.3. The van der Waals surface area contributed by atoms with E-state index in [-0.39, 0.29) is 0 Å². The average Bonchev–Trinajstić information content (AvgIpc) is 3.64. The number of hydrogen-bond donors (Lipinski definition) is 0. The van der Waals surface area contributed by atoms with E-state index in [1.54, 1.807) is 0 Å². The van der Waals surface area contributed by atoms with Crippen molar-refractivity contribution in [2.75, 3.05) is 0 Å². The van der Waals surface area contributed by atoms with Gasteiger partial charge in [0.15, 0.2) is 19.7 Å². The number of aromatic nitrogens is 4. The zero-order valence-corrected chi connectivity index (χ0v) is 32.4. The van der Waals surface area contributed by atoms with Crippen LogP contribution in [0.2, 0.25) is 0 Å². The third-order valence-electron chi connectivity index (χ3n) is 11.0. The lowest BCUT2D eigenvalue weighted by atomic mass is 10.1. The maximum absolute atomic E-state index is 9.79. The number of nitriles is 1. The van der Waals surface area contributed by atoms with E-state index in [1.807, 2.05) is 60.7 Å². The van der Waals surface area contributed by atoms with Gasteiger partial charge in [-0.25, -0.2) is 4.98 Å². The predicted molar refractivity (Wildman–Crippen MR) is 239 cm³/mol. The number of benzene rings is 8. The lowest BCUT2D eigenvalue weighted by Gasteiger charge is -2.35. The van der Waals surface area contributed by atoms with Gasteiger partial charge in [-0.05, 0) is 56.1 Å². The van der Waals surface area contributed by atoms with E-state index in [1.165, 1.54) is 31.9 Å². The van der Waals surface area contributed by atoms with E-state index >= 15 is 0 Å². The Bertz CT molecular complexity index is 3080. The highest BCUT2D eigenvalue weighted by Crippen LogP contribution is 2.33. The van der Waals surface area contributed by atoms with Crippen molar-refractivity contribution < 1.29 is 0 Å². The summed E-state index contributed by atoms with van der Waals surface area (Å²) < 4.78 is 2.09. The molecule has 0 fully saturated rings. The zero-order valence-electron chi connectivity index (χ0n) is 31.4. The molecule has 0 amide bonds. The van der Waals surface area contributed by atoms with E-state index in [9.17, 15) is 5.26 Å². The quantitative estimate of drug-likeness (QED) is 0.115. The summed E-state index contributed by atoms with van der Waals surface area (Å²) in [6.07, 6.45) is 0. The minimum absolute atomic E-state index is 0.510. The van der Waals surface area contributed by atoms with Gasteiger partial charge in [-0.15, -0.1) is 0 Å². The minimum Gasteiger partial charge on any atom is -0.278 e. The average molecular weight is 758 g/mol. The molecule has 5 nitrogen and oxygen atoms in total. The largest absolute Gasteiger partial charge is 0.278 e. The summed E-state index contributed by atoms with van der Waals surface area (Å²) in [5.41, 5.74) is 6.63. The molecule has 2 heterocycles. The van der Waals surface area contributed by atoms with Gasteiger partial charge in [-0.2, -0.15) is 15.2 Å². The lowest BCUT2D eigenvalue weighted by Crippen LogP contribution is -2.74. The molecule has 0 radical (unpaired) electrons. The second kappa shape index (κ2) is 14.7. The van der Waals surface area contributed by atoms with Crippen LogP contribution in [0.3, 0.4) is 0 Å². The van der Waals surface area contributed by atoms with E-state index < -0.39 is 8.07 Å². The summed E-state index contributed by atoms with van der Waals surface area (Å²) >= 11 is 0. The van der Waals surface area contributed by atoms with Crippen molar-refractivity contribution in [1.29, 1.82) is 5.26 Å². The summed E-state index contributed by atoms with van der Waals surface area (Å²) in [4.78, 5) is 15.7. The number of hydrogen-bond acceptors (Lipinski definition) is 4. The smallest absolute Gasteiger partial charge is 0.238 e. The first-order valence-electron chi connectivity index (χ1n) is 19.3. The fraction of sp³-hybridized carbons (Fsp3) is 0. The van der Waals surface area contributed by atoms with Crippen molar-refractivity contribution in [2.24, 2.45) is 0 Å². The lowest BCUT2D eigenvalue weighted by molar-refractivity contribution is 0.953. The molecule has 58 heavy (non-hydrogen) atoms. The third kappa shape index (κ3) is 5.98. The van der Waals surface area contributed by atoms with Crippen molar-refractivity contribution in [1.82, 2.24) is 19.5 Å². The topological polar surface area (TPSA) is 67.4 Å². The summed E-state index contributed by atoms with van der Waals surface area (Å²) in [6.45, 7) is 0. The molecule has 272 valence electrons. The molecule has 8 aromatic carbocycles. The molecule has 0 saturated heterocycles. The summed E-state index contributed by atoms with van der Waals surface area (Å²) in [5.74, 6) is 1.67. The molecule has 0 unspecified atom stereocenters. The van der Waals surface area contributed by atoms with Crippen LogP contribution < -0.4 is 20.7 Å². The Morgan fingerprint density at radius 2 is 0.862 bits per heavy atom. The molecule has 0 N–H and O–H groups in total. The first-order valence-corrected chi connectivity index (χ1v) is 21.3. The van der Waals surface area contributed by atoms with Crippen LogP contribution in [0.5, 0.6) is 0 Å². The Hall–Kier alpha value is -7.72. The second-order valence-electron chi connectivity index (χ2n) is 14.4. The van der Waals surface area contributed by atoms with Gasteiger partial charge in [0.05, 0.1) is 22.7 Å². The summed E-state index contributed by atoms with van der Waals surface area (Å²) in [7, 11) is -2.96. The third-order valence-corrected chi connectivity index (χ3v) is 15.8. The van der Waals surface area contributed by atoms with E-state index in [0.29, 0.717) is 23.2 Å². The van der Waals surface area contributed by atoms with Gasteiger partial charge in [0, 0.05) is 21.9 Å². The number of nitrogens with zero attached hydrogens (tertiary/aromatic N) is 5. The van der Waals surface area contributed by atoms with Gasteiger partial charge >= 0.3 is 0 Å². The first kappa shape index (κ1) is 34.7. The van der Waals surface area contributed by atoms with Crippen molar-refractivity contribution in [2.45, 2.75) is 0 Å². The predicted octanol–water partition coefficient (Wildman–Crippen LogP) is 9.22. The first-order chi connectivity index (χ1) is 28.7. The molecule has 6 heteroatoms. The normalized spacial score (nSPS) is 11.4. The van der Waals surface area contributed by atoms with Crippen LogP contribution in [-0.2, 0) is 0 Å². The fourth-order valence-corrected chi connectivity index (χ4v) is 13.2. The number of rotatable bonds is 8. The summed E-state index contributed by atoms with van der Waals surface area (Å²) in [5, 5.41) is 16.9. The Balaban J connectivity index is 1.24. The maximum atomic E-state index is 9.79. The molecular weight excluding hydrogens is 723 g/mol. The molecule has 10 aromatic rings. The van der Waals surface area contributed by atoms with E-state index in [0.717, 1.165) is 32.9 Å². The van der Waals surface area contributed by atoms with Crippen LogP contribution in [0.4, 0.5) is 0 Å². The van der Waals surface area contributed by atoms with Crippen LogP contribution >= 0.6 is 0 Å². The van der Waals surface area contributed by atoms with Crippen LogP contribution in [-0.4, -0.2) is 27.6 Å². The van der Waals surface area contributed by atoms with Crippen molar-refractivity contribution >= 4 is 50.6 Å². The Morgan fingerprint density at radius 3 is 1.50 bits per heavy atom. The van der Waals surface area contributed by atoms with Crippen LogP contribution in [0, 0.1) is 11.3 Å². The fourth-order valence-electron chi connectivity index (χ4n) is 8.40. The van der Waals surface area contributed by atoms with Gasteiger partial charge in [0.25, 0.3) is 0 Å². The van der Waals surface area contributed by atoms with Crippen LogP contribution in [0.25, 0.3) is 61.7 Å². The van der Waals surface area contributed by atoms with Gasteiger partial charge in [0.1, 0.15) is 0 Å². The zero-order chi connectivity index (χ0) is 38.9. The van der Waals surface area contributed by atoms with E-state index in [2.05, 4.69) is 162 Å². The molecule has 0 aliphatic rings. The Labute approximate surface area is 337 Å². The molecule has 0 spiro atoms. The molecule has 0 bridgehead atoms. The highest BCUT2D eigenvalue weighted by Gasteiger charge is 2.41. The molecular formula is C52H35N5Si. The highest BCUT2D eigenvalue weighted by molar-refractivity contribution is 7.20. The van der Waals surface area contributed by atoms with Crippen molar-refractivity contribution in [3.05, 3.63) is 218 Å². The molecule has 10 rings (SSSR count). The monoisotopic (exact) mass is 757 g/mol. The van der Waals surface area contributed by atoms with Crippen molar-refractivity contribution in [3.63, 3.8) is 0 Å². The maximum Gasteiger partial charge on any atom is 0.238 e.